The average Bonchev–Trinajstić information content (AvgIpc) is 3.02. The zero-order valence-corrected chi connectivity index (χ0v) is 12.7. The minimum absolute atomic E-state index is 0.0329. The van der Waals surface area contributed by atoms with E-state index in [9.17, 15) is 30.6 Å². The Morgan fingerprint density at radius 1 is 1.28 bits per heavy atom. The number of fused-ring (bicyclic) bond motifs is 1. The molecular formula is C14H17N3O8. The molecule has 0 aromatic carbocycles. The lowest BCUT2D eigenvalue weighted by molar-refractivity contribution is -0.724. The molecule has 8 aliphatic rings. The van der Waals surface area contributed by atoms with Crippen LogP contribution < -0.4 is 21.1 Å². The molecule has 4 heterocycles. The molecule has 0 radical (unpaired) electrons. The molecule has 0 aromatic rings. The molecule has 3 saturated heterocycles. The van der Waals surface area contributed by atoms with Gasteiger partial charge in [0.05, 0.1) is 18.1 Å². The van der Waals surface area contributed by atoms with Crippen molar-refractivity contribution in [3.63, 3.8) is 0 Å². The van der Waals surface area contributed by atoms with Gasteiger partial charge in [0.1, 0.15) is 35.5 Å². The van der Waals surface area contributed by atoms with Crippen LogP contribution in [0.4, 0.5) is 0 Å². The van der Waals surface area contributed by atoms with E-state index in [-0.39, 0.29) is 5.96 Å². The normalized spacial score (nSPS) is 77.9. The van der Waals surface area contributed by atoms with Crippen LogP contribution in [-0.2, 0) is 9.47 Å². The minimum atomic E-state index is -2.76. The molecule has 8 rings (SSSR count). The number of nitrogens with two attached hydrogens (primary N) is 1. The van der Waals surface area contributed by atoms with Gasteiger partial charge >= 0.3 is 5.96 Å². The number of aliphatic hydroxyl groups is 5. The topological polar surface area (TPSA) is 195 Å². The summed E-state index contributed by atoms with van der Waals surface area (Å²) < 4.78 is 11.1. The van der Waals surface area contributed by atoms with Gasteiger partial charge in [-0.2, -0.15) is 0 Å². The van der Waals surface area contributed by atoms with Gasteiger partial charge in [-0.1, -0.05) is 0 Å². The Kier molecular flexibility index (Phi) is 1.67. The Hall–Kier alpha value is -1.05. The smallest absolute Gasteiger partial charge is 0.342 e. The highest BCUT2D eigenvalue weighted by molar-refractivity contribution is 5.79. The predicted octanol–water partition coefficient (Wildman–Crippen LogP) is -8.28. The summed E-state index contributed by atoms with van der Waals surface area (Å²) in [6, 6.07) is 0. The molecule has 0 amide bonds. The molecule has 7 unspecified atom stereocenters. The molecule has 12 atom stereocenters. The van der Waals surface area contributed by atoms with E-state index in [4.69, 9.17) is 15.2 Å². The number of hydrogen-bond acceptors (Lipinski definition) is 10. The highest BCUT2D eigenvalue weighted by Gasteiger charge is 3.16. The fraction of sp³-hybridized carbons (Fsp3) is 0.929. The largest absolute Gasteiger partial charge is 0.805 e. The highest BCUT2D eigenvalue weighted by Crippen LogP contribution is 2.93. The van der Waals surface area contributed by atoms with E-state index in [1.807, 2.05) is 0 Å². The molecule has 0 aromatic heterocycles. The van der Waals surface area contributed by atoms with Gasteiger partial charge in [-0.15, -0.1) is 0 Å². The molecule has 4 saturated carbocycles. The van der Waals surface area contributed by atoms with Crippen molar-refractivity contribution in [2.24, 2.45) is 23.0 Å². The van der Waals surface area contributed by atoms with E-state index in [2.05, 4.69) is 10.3 Å². The summed E-state index contributed by atoms with van der Waals surface area (Å²) in [7, 11) is 0. The number of guanidine groups is 1. The van der Waals surface area contributed by atoms with Crippen LogP contribution in [0.2, 0.25) is 0 Å². The van der Waals surface area contributed by atoms with Gasteiger partial charge in [0.2, 0.25) is 0 Å². The van der Waals surface area contributed by atoms with Crippen LogP contribution >= 0.6 is 0 Å². The lowest BCUT2D eigenvalue weighted by atomic mass is 9.10. The third-order valence-corrected chi connectivity index (χ3v) is 8.61. The molecule has 4 aliphatic carbocycles. The molecule has 4 spiro atoms. The molecule has 25 heavy (non-hydrogen) atoms. The van der Waals surface area contributed by atoms with Crippen molar-refractivity contribution in [1.82, 2.24) is 5.32 Å². The Balaban J connectivity index is 1.57. The van der Waals surface area contributed by atoms with Crippen molar-refractivity contribution >= 4 is 5.96 Å². The number of rotatable bonds is 1. The number of hydrogen-bond donors (Lipinski definition) is 8. The van der Waals surface area contributed by atoms with Gasteiger partial charge in [-0.3, -0.25) is 16.0 Å². The average molecular weight is 355 g/mol. The first-order chi connectivity index (χ1) is 11.7. The Bertz CT molecular complexity index is 816. The molecule has 4 bridgehead atoms. The highest BCUT2D eigenvalue weighted by atomic mass is 16.9. The van der Waals surface area contributed by atoms with Crippen LogP contribution in [0.1, 0.15) is 0 Å². The fourth-order valence-electron chi connectivity index (χ4n) is 8.31. The lowest BCUT2D eigenvalue weighted by Crippen LogP contribution is -3.23. The maximum absolute atomic E-state index is 13.2. The van der Waals surface area contributed by atoms with Crippen LogP contribution in [0.3, 0.4) is 0 Å². The van der Waals surface area contributed by atoms with Crippen LogP contribution in [0.25, 0.3) is 0 Å². The summed E-state index contributed by atoms with van der Waals surface area (Å²) in [5.41, 5.74) is -1.42. The maximum Gasteiger partial charge on any atom is 0.342 e. The van der Waals surface area contributed by atoms with Gasteiger partial charge in [-0.05, 0) is 0 Å². The summed E-state index contributed by atoms with van der Waals surface area (Å²) >= 11 is 0. The molecule has 4 aliphatic heterocycles. The molecule has 11 nitrogen and oxygen atoms in total. The van der Waals surface area contributed by atoms with Crippen LogP contribution in [0.15, 0.2) is 0 Å². The van der Waals surface area contributed by atoms with Gasteiger partial charge in [0.15, 0.2) is 11.1 Å². The van der Waals surface area contributed by atoms with E-state index >= 15 is 0 Å². The van der Waals surface area contributed by atoms with Crippen molar-refractivity contribution in [1.29, 1.82) is 0 Å². The third-order valence-electron chi connectivity index (χ3n) is 8.61. The predicted molar refractivity (Wildman–Crippen MR) is 69.6 cm³/mol. The van der Waals surface area contributed by atoms with Crippen molar-refractivity contribution < 1.29 is 45.1 Å². The van der Waals surface area contributed by atoms with Gasteiger partial charge in [0, 0.05) is 11.8 Å². The van der Waals surface area contributed by atoms with E-state index < -0.39 is 76.5 Å². The SMILES string of the molecule is NC1=[NH+][C@@]23C(O)[C@@H]4C5C(O)(CO)C6OC7([O-])O[C@@]65C42C(O)[C@]3(N1)[C@@H]7O. The second kappa shape index (κ2) is 2.98. The summed E-state index contributed by atoms with van der Waals surface area (Å²) in [6.45, 7) is -0.687. The monoisotopic (exact) mass is 355 g/mol. The van der Waals surface area contributed by atoms with Crippen LogP contribution in [0, 0.1) is 17.3 Å². The third kappa shape index (κ3) is 0.724. The van der Waals surface area contributed by atoms with Gasteiger partial charge in [-0.25, -0.2) is 0 Å². The second-order valence-corrected chi connectivity index (χ2v) is 8.61. The van der Waals surface area contributed by atoms with E-state index in [1.165, 1.54) is 0 Å². The lowest BCUT2D eigenvalue weighted by Gasteiger charge is -2.94. The van der Waals surface area contributed by atoms with Crippen LogP contribution in [-0.4, -0.2) is 90.8 Å². The summed E-state index contributed by atoms with van der Waals surface area (Å²) in [5, 5.41) is 69.4. The van der Waals surface area contributed by atoms with Gasteiger partial charge < -0.3 is 40.1 Å². The first kappa shape index (κ1) is 14.1. The van der Waals surface area contributed by atoms with Crippen molar-refractivity contribution in [3.05, 3.63) is 0 Å². The zero-order chi connectivity index (χ0) is 17.6. The Morgan fingerprint density at radius 2 is 2.00 bits per heavy atom. The molecule has 9 N–H and O–H groups in total. The first-order valence-electron chi connectivity index (χ1n) is 8.31. The minimum Gasteiger partial charge on any atom is -0.805 e. The molecular weight excluding hydrogens is 338 g/mol. The number of aliphatic hydroxyl groups excluding tert-OH is 4. The van der Waals surface area contributed by atoms with Crippen molar-refractivity contribution in [2.75, 3.05) is 6.61 Å². The number of nitrogens with one attached hydrogen (secondary N) is 2. The molecule has 7 fully saturated rings. The van der Waals surface area contributed by atoms with Crippen LogP contribution in [0.5, 0.6) is 0 Å². The second-order valence-electron chi connectivity index (χ2n) is 8.61. The fourth-order valence-corrected chi connectivity index (χ4v) is 8.31. The summed E-state index contributed by atoms with van der Waals surface area (Å²) in [4.78, 5) is 2.94. The van der Waals surface area contributed by atoms with Gasteiger partial charge in [0.25, 0.3) is 0 Å². The Morgan fingerprint density at radius 3 is 2.68 bits per heavy atom. The van der Waals surface area contributed by atoms with Crippen molar-refractivity contribution in [2.45, 2.75) is 52.7 Å². The van der Waals surface area contributed by atoms with E-state index in [1.54, 1.807) is 0 Å². The quantitative estimate of drug-likeness (QED) is 0.224. The first-order valence-corrected chi connectivity index (χ1v) is 8.31. The van der Waals surface area contributed by atoms with Crippen molar-refractivity contribution in [3.8, 4) is 0 Å². The molecule has 136 valence electrons. The standard InChI is InChI=1S/C14H16N3O8/c15-8-16-11-5(20)10-2(4(19)13(10,11)17-8)3-9(22,1-18)7-12(3,10)25-14(23,24-7)6(11)21/h2-7,18-22H,1H2,(H3,15,16,17)/q-1/p+1/t2-,3?,4?,5?,6-,7?,9?,10?,11-,12+,13-,14?/m0/s1. The molecule has 11 heteroatoms. The summed E-state index contributed by atoms with van der Waals surface area (Å²) in [5.74, 6) is -4.14. The van der Waals surface area contributed by atoms with E-state index in [0.29, 0.717) is 0 Å². The maximum atomic E-state index is 13.2. The Labute approximate surface area is 139 Å². The number of ether oxygens (including phenoxy) is 2. The van der Waals surface area contributed by atoms with E-state index in [0.717, 1.165) is 0 Å². The zero-order valence-electron chi connectivity index (χ0n) is 12.7. The summed E-state index contributed by atoms with van der Waals surface area (Å²) in [6.07, 6.45) is -5.49.